The number of ether oxygens (including phenoxy) is 1. The van der Waals surface area contributed by atoms with E-state index in [-0.39, 0.29) is 22.4 Å². The highest BCUT2D eigenvalue weighted by Gasteiger charge is 2.16. The minimum atomic E-state index is -1.03. The number of hydrogen-bond donors (Lipinski definition) is 4. The third-order valence-electron chi connectivity index (χ3n) is 4.46. The lowest BCUT2D eigenvalue weighted by atomic mass is 10.3. The predicted molar refractivity (Wildman–Crippen MR) is 138 cm³/mol. The van der Waals surface area contributed by atoms with Crippen molar-refractivity contribution in [1.29, 1.82) is 0 Å². The Morgan fingerprint density at radius 2 is 1.49 bits per heavy atom. The van der Waals surface area contributed by atoms with Gasteiger partial charge in [-0.25, -0.2) is 5.43 Å². The van der Waals surface area contributed by atoms with E-state index in [2.05, 4.69) is 26.5 Å². The summed E-state index contributed by atoms with van der Waals surface area (Å²) in [7, 11) is 1.45. The van der Waals surface area contributed by atoms with Crippen molar-refractivity contribution in [3.05, 3.63) is 75.1 Å². The number of hydrazone groups is 1. The van der Waals surface area contributed by atoms with Crippen LogP contribution in [0.3, 0.4) is 0 Å². The summed E-state index contributed by atoms with van der Waals surface area (Å²) in [5, 5.41) is 11.6. The zero-order chi connectivity index (χ0) is 26.9. The first-order chi connectivity index (χ1) is 17.7. The Kier molecular flexibility index (Phi) is 9.50. The number of amides is 4. The maximum Gasteiger partial charge on any atom is 0.329 e. The Hall–Kier alpha value is -4.06. The van der Waals surface area contributed by atoms with Crippen LogP contribution in [-0.2, 0) is 25.7 Å². The smallest absolute Gasteiger partial charge is 0.329 e. The number of methoxy groups -OCH3 is 1. The fourth-order valence-electron chi connectivity index (χ4n) is 2.71. The van der Waals surface area contributed by atoms with Gasteiger partial charge in [0.25, 0.3) is 0 Å². The van der Waals surface area contributed by atoms with E-state index in [1.165, 1.54) is 55.6 Å². The summed E-state index contributed by atoms with van der Waals surface area (Å²) in [6.45, 7) is -0.0966. The number of carbonyl (C=O) groups excluding carboxylic acids is 4. The Morgan fingerprint density at radius 3 is 2.14 bits per heavy atom. The first kappa shape index (κ1) is 27.5. The summed E-state index contributed by atoms with van der Waals surface area (Å²) in [5.74, 6) is -2.89. The molecule has 1 heterocycles. The SMILES string of the molecule is COc1ccc(NC(=O)C(=O)N/N=C/c2ccc(CNC(=O)C(=O)Nc3ccc(Cl)c(Cl)c3)o2)cc1Cl. The van der Waals surface area contributed by atoms with Crippen LogP contribution in [0.2, 0.25) is 15.1 Å². The van der Waals surface area contributed by atoms with Gasteiger partial charge in [0.05, 0.1) is 34.9 Å². The highest BCUT2D eigenvalue weighted by Crippen LogP contribution is 2.27. The maximum atomic E-state index is 12.0. The number of nitrogens with zero attached hydrogens (tertiary/aromatic N) is 1. The molecule has 0 aliphatic heterocycles. The van der Waals surface area contributed by atoms with Gasteiger partial charge in [-0.15, -0.1) is 0 Å². The van der Waals surface area contributed by atoms with E-state index in [1.54, 1.807) is 0 Å². The molecule has 3 aromatic rings. The molecular weight excluding hydrogens is 549 g/mol. The Labute approximate surface area is 225 Å². The second-order valence-electron chi connectivity index (χ2n) is 7.07. The fourth-order valence-corrected chi connectivity index (χ4v) is 3.26. The van der Waals surface area contributed by atoms with Gasteiger partial charge < -0.3 is 25.1 Å². The molecular formula is C23H18Cl3N5O6. The molecule has 0 spiro atoms. The molecule has 1 aromatic heterocycles. The molecule has 0 saturated heterocycles. The summed E-state index contributed by atoms with van der Waals surface area (Å²) < 4.78 is 10.4. The van der Waals surface area contributed by atoms with Crippen molar-refractivity contribution in [2.24, 2.45) is 5.10 Å². The summed E-state index contributed by atoms with van der Waals surface area (Å²) in [6, 6.07) is 11.9. The first-order valence-electron chi connectivity index (χ1n) is 10.3. The van der Waals surface area contributed by atoms with Gasteiger partial charge in [-0.1, -0.05) is 34.8 Å². The standard InChI is InChI=1S/C23H18Cl3N5O6/c1-36-19-7-3-13(9-18(19)26)30-22(34)23(35)31-28-11-15-5-4-14(37-15)10-27-20(32)21(33)29-12-2-6-16(24)17(25)8-12/h2-9,11H,10H2,1H3,(H,27,32)(H,29,33)(H,30,34)(H,31,35)/b28-11+. The van der Waals surface area contributed by atoms with Crippen LogP contribution < -0.4 is 26.1 Å². The Balaban J connectivity index is 1.44. The molecule has 14 heteroatoms. The molecule has 192 valence electrons. The molecule has 2 aromatic carbocycles. The van der Waals surface area contributed by atoms with Crippen molar-refractivity contribution in [3.8, 4) is 5.75 Å². The van der Waals surface area contributed by atoms with E-state index < -0.39 is 23.6 Å². The molecule has 0 bridgehead atoms. The van der Waals surface area contributed by atoms with E-state index in [0.29, 0.717) is 27.9 Å². The molecule has 0 aliphatic carbocycles. The van der Waals surface area contributed by atoms with Crippen molar-refractivity contribution < 1.29 is 28.3 Å². The van der Waals surface area contributed by atoms with Gasteiger partial charge in [0.15, 0.2) is 0 Å². The van der Waals surface area contributed by atoms with Gasteiger partial charge in [-0.2, -0.15) is 5.10 Å². The van der Waals surface area contributed by atoms with Crippen LogP contribution in [0.1, 0.15) is 11.5 Å². The number of halogens is 3. The van der Waals surface area contributed by atoms with E-state index in [0.717, 1.165) is 6.21 Å². The van der Waals surface area contributed by atoms with Crippen LogP contribution in [0, 0.1) is 0 Å². The maximum absolute atomic E-state index is 12.0. The first-order valence-corrected chi connectivity index (χ1v) is 11.4. The van der Waals surface area contributed by atoms with Crippen molar-refractivity contribution >= 4 is 76.0 Å². The number of carbonyl (C=O) groups is 4. The Morgan fingerprint density at radius 1 is 0.838 bits per heavy atom. The molecule has 4 amide bonds. The number of anilines is 2. The molecule has 0 radical (unpaired) electrons. The van der Waals surface area contributed by atoms with E-state index in [9.17, 15) is 19.2 Å². The van der Waals surface area contributed by atoms with E-state index in [1.807, 2.05) is 0 Å². The molecule has 0 aliphatic rings. The zero-order valence-electron chi connectivity index (χ0n) is 18.9. The molecule has 3 rings (SSSR count). The van der Waals surface area contributed by atoms with Gasteiger partial charge in [-0.05, 0) is 48.5 Å². The predicted octanol–water partition coefficient (Wildman–Crippen LogP) is 3.59. The highest BCUT2D eigenvalue weighted by atomic mass is 35.5. The van der Waals surface area contributed by atoms with Crippen molar-refractivity contribution in [3.63, 3.8) is 0 Å². The van der Waals surface area contributed by atoms with Crippen LogP contribution in [0.15, 0.2) is 58.0 Å². The minimum Gasteiger partial charge on any atom is -0.495 e. The average Bonchev–Trinajstić information content (AvgIpc) is 3.32. The largest absolute Gasteiger partial charge is 0.495 e. The molecule has 0 fully saturated rings. The van der Waals surface area contributed by atoms with Crippen molar-refractivity contribution in [2.45, 2.75) is 6.54 Å². The Bertz CT molecular complexity index is 1370. The van der Waals surface area contributed by atoms with Gasteiger partial charge in [0.2, 0.25) is 0 Å². The molecule has 37 heavy (non-hydrogen) atoms. The third kappa shape index (κ3) is 7.97. The fraction of sp³-hybridized carbons (Fsp3) is 0.0870. The van der Waals surface area contributed by atoms with Crippen LogP contribution in [0.4, 0.5) is 11.4 Å². The second kappa shape index (κ2) is 12.8. The van der Waals surface area contributed by atoms with E-state index >= 15 is 0 Å². The van der Waals surface area contributed by atoms with Gasteiger partial charge in [-0.3, -0.25) is 19.2 Å². The monoisotopic (exact) mass is 565 g/mol. The number of hydrogen-bond acceptors (Lipinski definition) is 7. The lowest BCUT2D eigenvalue weighted by Crippen LogP contribution is -2.34. The number of nitrogens with one attached hydrogen (secondary N) is 4. The summed E-state index contributed by atoms with van der Waals surface area (Å²) in [5.41, 5.74) is 2.64. The van der Waals surface area contributed by atoms with Crippen LogP contribution in [0.5, 0.6) is 5.75 Å². The molecule has 0 unspecified atom stereocenters. The summed E-state index contributed by atoms with van der Waals surface area (Å²) in [6.07, 6.45) is 1.15. The normalized spacial score (nSPS) is 10.6. The van der Waals surface area contributed by atoms with Gasteiger partial charge in [0.1, 0.15) is 17.3 Å². The number of furan rings is 1. The molecule has 0 saturated carbocycles. The number of rotatable bonds is 7. The summed E-state index contributed by atoms with van der Waals surface area (Å²) >= 11 is 17.7. The van der Waals surface area contributed by atoms with Gasteiger partial charge in [0, 0.05) is 11.4 Å². The quantitative estimate of drug-likeness (QED) is 0.195. The average molecular weight is 567 g/mol. The minimum absolute atomic E-state index is 0.0966. The van der Waals surface area contributed by atoms with Crippen LogP contribution in [-0.4, -0.2) is 37.0 Å². The molecule has 11 nitrogen and oxygen atoms in total. The third-order valence-corrected chi connectivity index (χ3v) is 5.50. The topological polar surface area (TPSA) is 151 Å². The lowest BCUT2D eigenvalue weighted by molar-refractivity contribution is -0.136. The van der Waals surface area contributed by atoms with E-state index in [4.69, 9.17) is 44.0 Å². The highest BCUT2D eigenvalue weighted by molar-refractivity contribution is 6.43. The van der Waals surface area contributed by atoms with Crippen molar-refractivity contribution in [1.82, 2.24) is 10.7 Å². The summed E-state index contributed by atoms with van der Waals surface area (Å²) in [4.78, 5) is 48.0. The second-order valence-corrected chi connectivity index (χ2v) is 8.29. The molecule has 0 atom stereocenters. The lowest BCUT2D eigenvalue weighted by Gasteiger charge is -2.07. The van der Waals surface area contributed by atoms with Crippen LogP contribution >= 0.6 is 34.8 Å². The zero-order valence-corrected chi connectivity index (χ0v) is 21.2. The molecule has 4 N–H and O–H groups in total. The van der Waals surface area contributed by atoms with Gasteiger partial charge >= 0.3 is 23.6 Å². The van der Waals surface area contributed by atoms with Crippen LogP contribution in [0.25, 0.3) is 0 Å². The van der Waals surface area contributed by atoms with Crippen molar-refractivity contribution in [2.75, 3.05) is 17.7 Å². The number of benzene rings is 2.